The third-order valence-electron chi connectivity index (χ3n) is 4.29. The predicted molar refractivity (Wildman–Crippen MR) is 91.6 cm³/mol. The Kier molecular flexibility index (Phi) is 4.01. The Morgan fingerprint density at radius 3 is 2.54 bits per heavy atom. The first-order valence-corrected chi connectivity index (χ1v) is 8.14. The van der Waals surface area contributed by atoms with Crippen LogP contribution in [0.3, 0.4) is 0 Å². The molecule has 0 spiro atoms. The first-order chi connectivity index (χ1) is 11.8. The third-order valence-corrected chi connectivity index (χ3v) is 4.29. The molecule has 0 bridgehead atoms. The molecule has 1 fully saturated rings. The lowest BCUT2D eigenvalue weighted by Crippen LogP contribution is -2.28. The number of amides is 1. The summed E-state index contributed by atoms with van der Waals surface area (Å²) in [5, 5.41) is 2.97. The average molecular weight is 322 g/mol. The highest BCUT2D eigenvalue weighted by Crippen LogP contribution is 2.25. The Hall–Kier alpha value is -2.66. The summed E-state index contributed by atoms with van der Waals surface area (Å²) in [6, 6.07) is 15.2. The summed E-state index contributed by atoms with van der Waals surface area (Å²) >= 11 is 0. The molecule has 0 radical (unpaired) electrons. The van der Waals surface area contributed by atoms with Crippen LogP contribution in [-0.4, -0.2) is 24.1 Å². The van der Waals surface area contributed by atoms with Gasteiger partial charge in [0.2, 0.25) is 11.8 Å². The zero-order valence-electron chi connectivity index (χ0n) is 13.2. The molecule has 0 unspecified atom stereocenters. The van der Waals surface area contributed by atoms with E-state index in [0.717, 1.165) is 35.2 Å². The largest absolute Gasteiger partial charge is 0.436 e. The minimum absolute atomic E-state index is 0.0375. The van der Waals surface area contributed by atoms with Gasteiger partial charge in [0.05, 0.1) is 0 Å². The molecular weight excluding hydrogens is 304 g/mol. The number of oxazole rings is 1. The second-order valence-corrected chi connectivity index (χ2v) is 5.94. The fraction of sp³-hybridized carbons (Fsp3) is 0.263. The number of rotatable bonds is 3. The molecule has 2 aromatic carbocycles. The number of carbonyl (C=O) groups is 1. The van der Waals surface area contributed by atoms with Gasteiger partial charge >= 0.3 is 0 Å². The maximum absolute atomic E-state index is 12.2. The van der Waals surface area contributed by atoms with Gasteiger partial charge in [-0.25, -0.2) is 4.98 Å². The standard InChI is InChI=1S/C19H18N2O3/c22-18(13-9-11-23-12-10-13)20-15-7-5-14(6-8-15)19-21-16-3-1-2-4-17(16)24-19/h1-8,13H,9-12H2,(H,20,22). The maximum Gasteiger partial charge on any atom is 0.227 e. The number of ether oxygens (including phenoxy) is 1. The third kappa shape index (κ3) is 3.03. The molecule has 5 heteroatoms. The average Bonchev–Trinajstić information content (AvgIpc) is 3.07. The van der Waals surface area contributed by atoms with Crippen molar-refractivity contribution < 1.29 is 13.9 Å². The Bertz CT molecular complexity index is 815. The summed E-state index contributed by atoms with van der Waals surface area (Å²) in [5.41, 5.74) is 3.27. The van der Waals surface area contributed by atoms with Crippen LogP contribution < -0.4 is 5.32 Å². The first-order valence-electron chi connectivity index (χ1n) is 8.14. The van der Waals surface area contributed by atoms with E-state index in [9.17, 15) is 4.79 Å². The van der Waals surface area contributed by atoms with E-state index in [0.29, 0.717) is 19.1 Å². The van der Waals surface area contributed by atoms with Crippen molar-refractivity contribution in [2.45, 2.75) is 12.8 Å². The molecule has 4 rings (SSSR count). The second kappa shape index (κ2) is 6.45. The number of anilines is 1. The molecule has 1 saturated heterocycles. The monoisotopic (exact) mass is 322 g/mol. The molecule has 5 nitrogen and oxygen atoms in total. The summed E-state index contributed by atoms with van der Waals surface area (Å²) < 4.78 is 11.1. The lowest BCUT2D eigenvalue weighted by molar-refractivity contribution is -0.122. The van der Waals surface area contributed by atoms with Crippen LogP contribution in [0.5, 0.6) is 0 Å². The van der Waals surface area contributed by atoms with E-state index in [1.165, 1.54) is 0 Å². The van der Waals surface area contributed by atoms with E-state index in [1.54, 1.807) is 0 Å². The van der Waals surface area contributed by atoms with Crippen molar-refractivity contribution in [2.24, 2.45) is 5.92 Å². The lowest BCUT2D eigenvalue weighted by Gasteiger charge is -2.21. The molecule has 0 saturated carbocycles. The van der Waals surface area contributed by atoms with Gasteiger partial charge in [-0.1, -0.05) is 12.1 Å². The van der Waals surface area contributed by atoms with Crippen molar-refractivity contribution >= 4 is 22.7 Å². The van der Waals surface area contributed by atoms with Gasteiger partial charge in [-0.05, 0) is 49.2 Å². The minimum Gasteiger partial charge on any atom is -0.436 e. The second-order valence-electron chi connectivity index (χ2n) is 5.94. The van der Waals surface area contributed by atoms with E-state index in [-0.39, 0.29) is 11.8 Å². The molecular formula is C19H18N2O3. The summed E-state index contributed by atoms with van der Waals surface area (Å²) in [7, 11) is 0. The number of carbonyl (C=O) groups excluding carboxylic acids is 1. The van der Waals surface area contributed by atoms with Crippen molar-refractivity contribution in [1.29, 1.82) is 0 Å². The van der Waals surface area contributed by atoms with E-state index in [1.807, 2.05) is 48.5 Å². The molecule has 1 aliphatic rings. The summed E-state index contributed by atoms with van der Waals surface area (Å²) in [4.78, 5) is 16.7. The normalized spacial score (nSPS) is 15.5. The number of para-hydroxylation sites is 2. The fourth-order valence-corrected chi connectivity index (χ4v) is 2.90. The van der Waals surface area contributed by atoms with Gasteiger partial charge in [0.15, 0.2) is 5.58 Å². The van der Waals surface area contributed by atoms with Crippen molar-refractivity contribution in [3.05, 3.63) is 48.5 Å². The summed E-state index contributed by atoms with van der Waals surface area (Å²) in [5.74, 6) is 0.682. The first kappa shape index (κ1) is 14.9. The Labute approximate surface area is 139 Å². The number of hydrogen-bond acceptors (Lipinski definition) is 4. The SMILES string of the molecule is O=C(Nc1ccc(-c2nc3ccccc3o2)cc1)C1CCOCC1. The van der Waals surface area contributed by atoms with Crippen LogP contribution in [0.15, 0.2) is 52.9 Å². The lowest BCUT2D eigenvalue weighted by atomic mass is 9.99. The van der Waals surface area contributed by atoms with E-state index >= 15 is 0 Å². The Morgan fingerprint density at radius 1 is 1.04 bits per heavy atom. The van der Waals surface area contributed by atoms with Gasteiger partial charge < -0.3 is 14.5 Å². The number of hydrogen-bond donors (Lipinski definition) is 1. The highest BCUT2D eigenvalue weighted by Gasteiger charge is 2.21. The number of nitrogens with one attached hydrogen (secondary N) is 1. The summed E-state index contributed by atoms with van der Waals surface area (Å²) in [6.07, 6.45) is 1.57. The van der Waals surface area contributed by atoms with E-state index in [2.05, 4.69) is 10.3 Å². The van der Waals surface area contributed by atoms with Gasteiger partial charge in [0.25, 0.3) is 0 Å². The van der Waals surface area contributed by atoms with Gasteiger partial charge in [0, 0.05) is 30.4 Å². The quantitative estimate of drug-likeness (QED) is 0.795. The molecule has 2 heterocycles. The predicted octanol–water partition coefficient (Wildman–Crippen LogP) is 3.86. The highest BCUT2D eigenvalue weighted by molar-refractivity contribution is 5.92. The summed E-state index contributed by atoms with van der Waals surface area (Å²) in [6.45, 7) is 1.32. The van der Waals surface area contributed by atoms with Crippen LogP contribution in [0.2, 0.25) is 0 Å². The topological polar surface area (TPSA) is 64.4 Å². The van der Waals surface area contributed by atoms with Crippen molar-refractivity contribution in [1.82, 2.24) is 4.98 Å². The smallest absolute Gasteiger partial charge is 0.227 e. The molecule has 1 amide bonds. The van der Waals surface area contributed by atoms with E-state index in [4.69, 9.17) is 9.15 Å². The van der Waals surface area contributed by atoms with E-state index < -0.39 is 0 Å². The maximum atomic E-state index is 12.2. The van der Waals surface area contributed by atoms with Crippen molar-refractivity contribution in [3.63, 3.8) is 0 Å². The molecule has 0 atom stereocenters. The number of benzene rings is 2. The van der Waals surface area contributed by atoms with Crippen LogP contribution in [-0.2, 0) is 9.53 Å². The zero-order valence-corrected chi connectivity index (χ0v) is 13.2. The van der Waals surface area contributed by atoms with Gasteiger partial charge in [-0.2, -0.15) is 0 Å². The van der Waals surface area contributed by atoms with Crippen LogP contribution in [0.1, 0.15) is 12.8 Å². The molecule has 3 aromatic rings. The number of fused-ring (bicyclic) bond motifs is 1. The van der Waals surface area contributed by atoms with Gasteiger partial charge in [-0.3, -0.25) is 4.79 Å². The van der Waals surface area contributed by atoms with Gasteiger partial charge in [-0.15, -0.1) is 0 Å². The Morgan fingerprint density at radius 2 is 1.79 bits per heavy atom. The van der Waals surface area contributed by atoms with Crippen LogP contribution in [0.25, 0.3) is 22.6 Å². The van der Waals surface area contributed by atoms with Crippen molar-refractivity contribution in [2.75, 3.05) is 18.5 Å². The highest BCUT2D eigenvalue weighted by atomic mass is 16.5. The number of aromatic nitrogens is 1. The minimum atomic E-state index is 0.0375. The zero-order chi connectivity index (χ0) is 16.4. The van der Waals surface area contributed by atoms with Crippen LogP contribution in [0.4, 0.5) is 5.69 Å². The van der Waals surface area contributed by atoms with Crippen molar-refractivity contribution in [3.8, 4) is 11.5 Å². The molecule has 1 aromatic heterocycles. The molecule has 122 valence electrons. The van der Waals surface area contributed by atoms with Crippen LogP contribution >= 0.6 is 0 Å². The van der Waals surface area contributed by atoms with Gasteiger partial charge in [0.1, 0.15) is 5.52 Å². The molecule has 1 aliphatic heterocycles. The molecule has 24 heavy (non-hydrogen) atoms. The Balaban J connectivity index is 1.48. The molecule has 1 N–H and O–H groups in total. The van der Waals surface area contributed by atoms with Crippen LogP contribution in [0, 0.1) is 5.92 Å². The fourth-order valence-electron chi connectivity index (χ4n) is 2.90. The number of nitrogens with zero attached hydrogens (tertiary/aromatic N) is 1. The molecule has 0 aliphatic carbocycles.